The largest absolute Gasteiger partial charge is 0.274 e. The lowest BCUT2D eigenvalue weighted by Crippen LogP contribution is -2.37. The molecular formula is C15H14Br2N2O2. The molecule has 110 valence electrons. The molecule has 2 bridgehead atoms. The van der Waals surface area contributed by atoms with Gasteiger partial charge in [-0.3, -0.25) is 9.59 Å². The van der Waals surface area contributed by atoms with Crippen LogP contribution in [0.2, 0.25) is 0 Å². The molecule has 1 saturated heterocycles. The Hall–Kier alpha value is -0.750. The van der Waals surface area contributed by atoms with Gasteiger partial charge in [-0.1, -0.05) is 37.9 Å². The first-order valence-electron chi connectivity index (χ1n) is 7.10. The van der Waals surface area contributed by atoms with Crippen molar-refractivity contribution in [3.05, 3.63) is 23.9 Å². The van der Waals surface area contributed by atoms with Gasteiger partial charge in [-0.2, -0.15) is 0 Å². The van der Waals surface area contributed by atoms with E-state index in [-0.39, 0.29) is 45.1 Å². The first-order valence-corrected chi connectivity index (χ1v) is 8.93. The fourth-order valence-corrected chi connectivity index (χ4v) is 6.14. The number of pyridine rings is 1. The molecule has 6 atom stereocenters. The Labute approximate surface area is 139 Å². The minimum atomic E-state index is -0.179. The Morgan fingerprint density at radius 1 is 1.14 bits per heavy atom. The Bertz CT molecular complexity index is 618. The van der Waals surface area contributed by atoms with E-state index in [0.717, 1.165) is 12.0 Å². The van der Waals surface area contributed by atoms with Gasteiger partial charge < -0.3 is 0 Å². The molecule has 0 unspecified atom stereocenters. The van der Waals surface area contributed by atoms with E-state index < -0.39 is 0 Å². The van der Waals surface area contributed by atoms with Crippen LogP contribution >= 0.6 is 31.9 Å². The first kappa shape index (κ1) is 13.9. The number of anilines is 1. The number of imide groups is 1. The molecule has 2 saturated carbocycles. The van der Waals surface area contributed by atoms with E-state index in [0.29, 0.717) is 5.82 Å². The highest BCUT2D eigenvalue weighted by Gasteiger charge is 2.66. The van der Waals surface area contributed by atoms with Crippen molar-refractivity contribution < 1.29 is 9.59 Å². The maximum atomic E-state index is 12.8. The molecule has 0 aromatic carbocycles. The number of alkyl halides is 2. The summed E-state index contributed by atoms with van der Waals surface area (Å²) >= 11 is 7.38. The molecule has 0 N–H and O–H groups in total. The number of nitrogens with zero attached hydrogens (tertiary/aromatic N) is 2. The van der Waals surface area contributed by atoms with E-state index in [9.17, 15) is 9.59 Å². The van der Waals surface area contributed by atoms with Crippen LogP contribution < -0.4 is 4.90 Å². The predicted octanol–water partition coefficient (Wildman–Crippen LogP) is 2.67. The summed E-state index contributed by atoms with van der Waals surface area (Å²) in [5.74, 6) is 0.499. The van der Waals surface area contributed by atoms with Gasteiger partial charge in [-0.25, -0.2) is 9.88 Å². The molecule has 2 heterocycles. The second-order valence-corrected chi connectivity index (χ2v) is 8.27. The number of fused-ring (bicyclic) bond motifs is 5. The molecule has 0 spiro atoms. The SMILES string of the molecule is Cc1cccnc1N1C(=O)[C@@H]2[C@H]3C[C@@H]([C@@H](Br)[C@H]3Br)[C@H]2C1=O. The van der Waals surface area contributed by atoms with Crippen LogP contribution in [0.3, 0.4) is 0 Å². The van der Waals surface area contributed by atoms with Crippen LogP contribution in [0.1, 0.15) is 12.0 Å². The number of hydrogen-bond donors (Lipinski definition) is 0. The third-order valence-corrected chi connectivity index (χ3v) is 8.39. The van der Waals surface area contributed by atoms with Crippen LogP contribution in [-0.2, 0) is 9.59 Å². The summed E-state index contributed by atoms with van der Waals surface area (Å²) < 4.78 is 0. The quantitative estimate of drug-likeness (QED) is 0.525. The van der Waals surface area contributed by atoms with Gasteiger partial charge in [0.25, 0.3) is 0 Å². The number of rotatable bonds is 1. The van der Waals surface area contributed by atoms with E-state index in [1.807, 2.05) is 19.1 Å². The van der Waals surface area contributed by atoms with Crippen molar-refractivity contribution in [2.24, 2.45) is 23.7 Å². The molecule has 0 radical (unpaired) electrons. The molecule has 2 aliphatic carbocycles. The molecule has 1 aromatic heterocycles. The van der Waals surface area contributed by atoms with Crippen LogP contribution in [0, 0.1) is 30.6 Å². The maximum Gasteiger partial charge on any atom is 0.239 e. The van der Waals surface area contributed by atoms with Gasteiger partial charge in [0.1, 0.15) is 5.82 Å². The van der Waals surface area contributed by atoms with Crippen molar-refractivity contribution >= 4 is 49.5 Å². The summed E-state index contributed by atoms with van der Waals surface area (Å²) in [5, 5.41) is 0. The van der Waals surface area contributed by atoms with Crippen LogP contribution in [-0.4, -0.2) is 26.5 Å². The summed E-state index contributed by atoms with van der Waals surface area (Å²) in [6, 6.07) is 3.70. The van der Waals surface area contributed by atoms with Crippen molar-refractivity contribution in [3.63, 3.8) is 0 Å². The average Bonchev–Trinajstić information content (AvgIpc) is 3.06. The van der Waals surface area contributed by atoms with Gasteiger partial charge in [0.05, 0.1) is 11.8 Å². The summed E-state index contributed by atoms with van der Waals surface area (Å²) in [7, 11) is 0. The second kappa shape index (κ2) is 4.62. The Morgan fingerprint density at radius 2 is 1.71 bits per heavy atom. The normalized spacial score (nSPS) is 41.0. The number of aromatic nitrogens is 1. The lowest BCUT2D eigenvalue weighted by Gasteiger charge is -2.28. The summed E-state index contributed by atoms with van der Waals surface area (Å²) in [6.07, 6.45) is 2.58. The number of amides is 2. The van der Waals surface area contributed by atoms with E-state index in [1.165, 1.54) is 4.90 Å². The lowest BCUT2D eigenvalue weighted by atomic mass is 9.81. The zero-order valence-corrected chi connectivity index (χ0v) is 14.5. The second-order valence-electron chi connectivity index (χ2n) is 6.16. The number of carbonyl (C=O) groups excluding carboxylic acids is 2. The van der Waals surface area contributed by atoms with Crippen molar-refractivity contribution in [3.8, 4) is 0 Å². The van der Waals surface area contributed by atoms with Gasteiger partial charge in [-0.05, 0) is 36.8 Å². The zero-order chi connectivity index (χ0) is 14.9. The summed E-state index contributed by atoms with van der Waals surface area (Å²) in [4.78, 5) is 31.8. The van der Waals surface area contributed by atoms with Gasteiger partial charge in [0, 0.05) is 15.9 Å². The van der Waals surface area contributed by atoms with E-state index in [2.05, 4.69) is 36.8 Å². The highest BCUT2D eigenvalue weighted by molar-refractivity contribution is 9.12. The highest BCUT2D eigenvalue weighted by Crippen LogP contribution is 2.60. The summed E-state index contributed by atoms with van der Waals surface area (Å²) in [6.45, 7) is 1.88. The van der Waals surface area contributed by atoms with Crippen molar-refractivity contribution in [1.82, 2.24) is 4.98 Å². The van der Waals surface area contributed by atoms with Crippen LogP contribution in [0.25, 0.3) is 0 Å². The first-order chi connectivity index (χ1) is 10.0. The Morgan fingerprint density at radius 3 is 2.24 bits per heavy atom. The summed E-state index contributed by atoms with van der Waals surface area (Å²) in [5.41, 5.74) is 0.859. The average molecular weight is 414 g/mol. The molecule has 21 heavy (non-hydrogen) atoms. The molecule has 3 fully saturated rings. The maximum absolute atomic E-state index is 12.8. The molecule has 1 aliphatic heterocycles. The lowest BCUT2D eigenvalue weighted by molar-refractivity contribution is -0.123. The monoisotopic (exact) mass is 412 g/mol. The smallest absolute Gasteiger partial charge is 0.239 e. The number of aryl methyl sites for hydroxylation is 1. The predicted molar refractivity (Wildman–Crippen MR) is 85.5 cm³/mol. The van der Waals surface area contributed by atoms with Crippen molar-refractivity contribution in [1.29, 1.82) is 0 Å². The fraction of sp³-hybridized carbons (Fsp3) is 0.533. The molecule has 6 heteroatoms. The topological polar surface area (TPSA) is 50.3 Å². The molecule has 3 aliphatic rings. The van der Waals surface area contributed by atoms with Gasteiger partial charge in [0.2, 0.25) is 11.8 Å². The fourth-order valence-electron chi connectivity index (χ4n) is 4.27. The van der Waals surface area contributed by atoms with E-state index in [1.54, 1.807) is 6.20 Å². The van der Waals surface area contributed by atoms with Crippen molar-refractivity contribution in [2.75, 3.05) is 4.90 Å². The minimum absolute atomic E-state index is 0.0665. The molecule has 1 aromatic rings. The van der Waals surface area contributed by atoms with E-state index in [4.69, 9.17) is 0 Å². The number of carbonyl (C=O) groups is 2. The van der Waals surface area contributed by atoms with Crippen LogP contribution in [0.4, 0.5) is 5.82 Å². The van der Waals surface area contributed by atoms with Crippen LogP contribution in [0.15, 0.2) is 18.3 Å². The van der Waals surface area contributed by atoms with Gasteiger partial charge >= 0.3 is 0 Å². The number of hydrogen-bond acceptors (Lipinski definition) is 3. The number of halogens is 2. The highest BCUT2D eigenvalue weighted by atomic mass is 79.9. The Balaban J connectivity index is 1.77. The van der Waals surface area contributed by atoms with Gasteiger partial charge in [0.15, 0.2) is 0 Å². The standard InChI is InChI=1S/C15H14Br2N2O2/c1-6-3-2-4-18-13(6)19-14(20)9-7-5-8(10(9)15(19)21)12(17)11(7)16/h2-4,7-12H,5H2,1H3/t7-,8-,9-,10-,11-,12+/m1/s1. The van der Waals surface area contributed by atoms with Gasteiger partial charge in [-0.15, -0.1) is 0 Å². The molecule has 4 nitrogen and oxygen atoms in total. The third-order valence-electron chi connectivity index (χ3n) is 5.18. The van der Waals surface area contributed by atoms with Crippen molar-refractivity contribution in [2.45, 2.75) is 23.0 Å². The molecular weight excluding hydrogens is 400 g/mol. The van der Waals surface area contributed by atoms with E-state index >= 15 is 0 Å². The Kier molecular flexibility index (Phi) is 3.05. The van der Waals surface area contributed by atoms with Crippen LogP contribution in [0.5, 0.6) is 0 Å². The third kappa shape index (κ3) is 1.69. The zero-order valence-electron chi connectivity index (χ0n) is 11.4. The minimum Gasteiger partial charge on any atom is -0.274 e. The molecule has 4 rings (SSSR count). The molecule has 2 amide bonds.